The summed E-state index contributed by atoms with van der Waals surface area (Å²) in [6.45, 7) is 2.83. The van der Waals surface area contributed by atoms with Crippen LogP contribution in [0.3, 0.4) is 0 Å². The normalized spacial score (nSPS) is 10.0. The molecule has 6 heteroatoms. The maximum Gasteiger partial charge on any atom is 0.269 e. The van der Waals surface area contributed by atoms with E-state index in [1.165, 1.54) is 0 Å². The lowest BCUT2D eigenvalue weighted by Crippen LogP contribution is -2.46. The Morgan fingerprint density at radius 1 is 1.00 bits per heavy atom. The van der Waals surface area contributed by atoms with Crippen molar-refractivity contribution in [1.82, 2.24) is 10.9 Å². The van der Waals surface area contributed by atoms with Crippen molar-refractivity contribution in [2.24, 2.45) is 0 Å². The van der Waals surface area contributed by atoms with Gasteiger partial charge in [-0.15, -0.1) is 0 Å². The van der Waals surface area contributed by atoms with E-state index in [4.69, 9.17) is 0 Å². The molecule has 0 saturated carbocycles. The number of carbonyl (C=O) groups is 2. The molecule has 0 unspecified atom stereocenters. The molecule has 0 spiro atoms. The van der Waals surface area contributed by atoms with Crippen LogP contribution in [-0.2, 0) is 4.79 Å². The second kappa shape index (κ2) is 8.33. The van der Waals surface area contributed by atoms with Gasteiger partial charge in [-0.1, -0.05) is 34.1 Å². The molecule has 2 aromatic rings. The lowest BCUT2D eigenvalue weighted by molar-refractivity contribution is -0.120. The fourth-order valence-electron chi connectivity index (χ4n) is 2.04. The quantitative estimate of drug-likeness (QED) is 0.789. The van der Waals surface area contributed by atoms with E-state index in [1.54, 1.807) is 24.3 Å². The number of hydrogen-bond acceptors (Lipinski definition) is 3. The molecule has 0 aliphatic rings. The molecule has 0 aliphatic heterocycles. The van der Waals surface area contributed by atoms with Crippen LogP contribution in [0, 0.1) is 0 Å². The second-order valence-corrected chi connectivity index (χ2v) is 5.77. The third kappa shape index (κ3) is 5.10. The van der Waals surface area contributed by atoms with Gasteiger partial charge in [0.15, 0.2) is 0 Å². The van der Waals surface area contributed by atoms with Crippen molar-refractivity contribution in [2.45, 2.75) is 6.92 Å². The SMILES string of the molecule is CCN(CC(=O)NNC(=O)c1ccc(Br)cc1)c1ccccc1. The van der Waals surface area contributed by atoms with Crippen molar-refractivity contribution in [2.75, 3.05) is 18.0 Å². The van der Waals surface area contributed by atoms with Gasteiger partial charge in [0.1, 0.15) is 0 Å². The van der Waals surface area contributed by atoms with Crippen LogP contribution in [0.25, 0.3) is 0 Å². The summed E-state index contributed by atoms with van der Waals surface area (Å²) in [4.78, 5) is 25.8. The molecular formula is C17H18BrN3O2. The first kappa shape index (κ1) is 17.0. The number of para-hydroxylation sites is 1. The number of amides is 2. The number of nitrogens with zero attached hydrogens (tertiary/aromatic N) is 1. The van der Waals surface area contributed by atoms with Crippen LogP contribution in [0.4, 0.5) is 5.69 Å². The molecule has 0 heterocycles. The van der Waals surface area contributed by atoms with E-state index < -0.39 is 0 Å². The number of carbonyl (C=O) groups excluding carboxylic acids is 2. The van der Waals surface area contributed by atoms with E-state index in [0.29, 0.717) is 12.1 Å². The molecular weight excluding hydrogens is 358 g/mol. The van der Waals surface area contributed by atoms with Gasteiger partial charge < -0.3 is 4.90 Å². The van der Waals surface area contributed by atoms with Crippen LogP contribution in [0.1, 0.15) is 17.3 Å². The molecule has 0 saturated heterocycles. The highest BCUT2D eigenvalue weighted by molar-refractivity contribution is 9.10. The number of anilines is 1. The number of hydrogen-bond donors (Lipinski definition) is 2. The zero-order valence-corrected chi connectivity index (χ0v) is 14.3. The number of halogens is 1. The van der Waals surface area contributed by atoms with E-state index >= 15 is 0 Å². The maximum absolute atomic E-state index is 12.0. The summed E-state index contributed by atoms with van der Waals surface area (Å²) in [5, 5.41) is 0. The first-order chi connectivity index (χ1) is 11.1. The summed E-state index contributed by atoms with van der Waals surface area (Å²) < 4.78 is 0.888. The Kier molecular flexibility index (Phi) is 6.17. The maximum atomic E-state index is 12.0. The molecule has 0 fully saturated rings. The van der Waals surface area contributed by atoms with Crippen LogP contribution in [0.5, 0.6) is 0 Å². The van der Waals surface area contributed by atoms with Crippen molar-refractivity contribution in [3.05, 3.63) is 64.6 Å². The third-order valence-electron chi connectivity index (χ3n) is 3.26. The average molecular weight is 376 g/mol. The van der Waals surface area contributed by atoms with Gasteiger partial charge >= 0.3 is 0 Å². The highest BCUT2D eigenvalue weighted by atomic mass is 79.9. The van der Waals surface area contributed by atoms with Crippen LogP contribution < -0.4 is 15.8 Å². The molecule has 23 heavy (non-hydrogen) atoms. The van der Waals surface area contributed by atoms with Gasteiger partial charge in [0.2, 0.25) is 0 Å². The first-order valence-corrected chi connectivity index (χ1v) is 8.04. The zero-order valence-electron chi connectivity index (χ0n) is 12.8. The Balaban J connectivity index is 1.87. The standard InChI is InChI=1S/C17H18BrN3O2/c1-2-21(15-6-4-3-5-7-15)12-16(22)19-20-17(23)13-8-10-14(18)11-9-13/h3-11H,2,12H2,1H3,(H,19,22)(H,20,23). The Bertz CT molecular complexity index is 659. The molecule has 0 atom stereocenters. The van der Waals surface area contributed by atoms with Gasteiger partial charge in [-0.25, -0.2) is 0 Å². The fourth-order valence-corrected chi connectivity index (χ4v) is 2.30. The van der Waals surface area contributed by atoms with Crippen molar-refractivity contribution in [1.29, 1.82) is 0 Å². The minimum atomic E-state index is -0.353. The Hall–Kier alpha value is -2.34. The summed E-state index contributed by atoms with van der Waals surface area (Å²) >= 11 is 3.31. The van der Waals surface area contributed by atoms with E-state index in [9.17, 15) is 9.59 Å². The Morgan fingerprint density at radius 3 is 2.26 bits per heavy atom. The van der Waals surface area contributed by atoms with Crippen LogP contribution in [0.15, 0.2) is 59.1 Å². The van der Waals surface area contributed by atoms with Gasteiger partial charge in [-0.3, -0.25) is 20.4 Å². The molecule has 2 rings (SSSR count). The molecule has 2 N–H and O–H groups in total. The lowest BCUT2D eigenvalue weighted by atomic mass is 10.2. The molecule has 5 nitrogen and oxygen atoms in total. The average Bonchev–Trinajstić information content (AvgIpc) is 2.59. The fraction of sp³-hybridized carbons (Fsp3) is 0.176. The predicted octanol–water partition coefficient (Wildman–Crippen LogP) is 2.74. The summed E-state index contributed by atoms with van der Waals surface area (Å²) in [7, 11) is 0. The lowest BCUT2D eigenvalue weighted by Gasteiger charge is -2.22. The van der Waals surface area contributed by atoms with Crippen molar-refractivity contribution in [3.8, 4) is 0 Å². The number of nitrogens with one attached hydrogen (secondary N) is 2. The molecule has 2 aromatic carbocycles. The number of benzene rings is 2. The first-order valence-electron chi connectivity index (χ1n) is 7.25. The van der Waals surface area contributed by atoms with E-state index in [0.717, 1.165) is 10.2 Å². The monoisotopic (exact) mass is 375 g/mol. The molecule has 0 aliphatic carbocycles. The highest BCUT2D eigenvalue weighted by Crippen LogP contribution is 2.12. The molecule has 0 bridgehead atoms. The molecule has 0 aromatic heterocycles. The number of likely N-dealkylation sites (N-methyl/N-ethyl adjacent to an activating group) is 1. The van der Waals surface area contributed by atoms with Gasteiger partial charge in [0, 0.05) is 22.3 Å². The van der Waals surface area contributed by atoms with Crippen molar-refractivity contribution >= 4 is 33.4 Å². The van der Waals surface area contributed by atoms with Gasteiger partial charge in [-0.2, -0.15) is 0 Å². The summed E-state index contributed by atoms with van der Waals surface area (Å²) in [5.41, 5.74) is 6.30. The summed E-state index contributed by atoms with van der Waals surface area (Å²) in [6, 6.07) is 16.5. The van der Waals surface area contributed by atoms with Gasteiger partial charge in [-0.05, 0) is 43.3 Å². The Labute approximate surface area is 143 Å². The largest absolute Gasteiger partial charge is 0.362 e. The zero-order chi connectivity index (χ0) is 16.7. The van der Waals surface area contributed by atoms with Crippen LogP contribution in [-0.4, -0.2) is 24.9 Å². The molecule has 120 valence electrons. The van der Waals surface area contributed by atoms with Gasteiger partial charge in [0.05, 0.1) is 6.54 Å². The van der Waals surface area contributed by atoms with Crippen molar-refractivity contribution in [3.63, 3.8) is 0 Å². The second-order valence-electron chi connectivity index (χ2n) is 4.86. The molecule has 0 radical (unpaired) electrons. The topological polar surface area (TPSA) is 61.4 Å². The third-order valence-corrected chi connectivity index (χ3v) is 3.79. The molecule has 2 amide bonds. The summed E-state index contributed by atoms with van der Waals surface area (Å²) in [5.74, 6) is -0.630. The van der Waals surface area contributed by atoms with E-state index in [2.05, 4.69) is 26.8 Å². The predicted molar refractivity (Wildman–Crippen MR) is 94.1 cm³/mol. The van der Waals surface area contributed by atoms with Crippen molar-refractivity contribution < 1.29 is 9.59 Å². The minimum absolute atomic E-state index is 0.168. The van der Waals surface area contributed by atoms with Crippen LogP contribution >= 0.6 is 15.9 Å². The van der Waals surface area contributed by atoms with E-state index in [1.807, 2.05) is 42.2 Å². The van der Waals surface area contributed by atoms with E-state index in [-0.39, 0.29) is 18.4 Å². The highest BCUT2D eigenvalue weighted by Gasteiger charge is 2.11. The number of hydrazine groups is 1. The Morgan fingerprint density at radius 2 is 1.65 bits per heavy atom. The van der Waals surface area contributed by atoms with Crippen LogP contribution in [0.2, 0.25) is 0 Å². The summed E-state index contributed by atoms with van der Waals surface area (Å²) in [6.07, 6.45) is 0. The minimum Gasteiger partial charge on any atom is -0.362 e. The smallest absolute Gasteiger partial charge is 0.269 e. The number of rotatable bonds is 5. The van der Waals surface area contributed by atoms with Gasteiger partial charge in [0.25, 0.3) is 11.8 Å².